The van der Waals surface area contributed by atoms with E-state index in [2.05, 4.69) is 64.4 Å². The molecule has 3 rings (SSSR count). The number of aromatic nitrogens is 4. The van der Waals surface area contributed by atoms with E-state index >= 15 is 0 Å². The third kappa shape index (κ3) is 4.06. The summed E-state index contributed by atoms with van der Waals surface area (Å²) in [5.74, 6) is 0.402. The molecular weight excluding hydrogens is 360 g/mol. The Morgan fingerprint density at radius 1 is 1.00 bits per heavy atom. The molecule has 0 aromatic carbocycles. The molecule has 1 atom stereocenters. The third-order valence-electron chi connectivity index (χ3n) is 5.64. The first-order valence-electron chi connectivity index (χ1n) is 10.9. The molecule has 5 heteroatoms. The summed E-state index contributed by atoms with van der Waals surface area (Å²) in [5, 5.41) is 9.90. The van der Waals surface area contributed by atoms with Crippen molar-refractivity contribution in [3.8, 4) is 11.3 Å². The Labute approximate surface area is 174 Å². The van der Waals surface area contributed by atoms with Crippen LogP contribution >= 0.6 is 0 Å². The number of hydrogen-bond donors (Lipinski definition) is 1. The maximum Gasteiger partial charge on any atom is 0.159 e. The van der Waals surface area contributed by atoms with E-state index in [1.54, 1.807) is 0 Å². The standard InChI is InChI=1S/C24H34N4O/c1-7-10-17(14-29)28-13-16(6)22-24(28)26-20(9-3)23(27-22)18-11-12-21(15(4)5)25-19(18)8-2/h11-13,15,17,29H,7-10,14H2,1-6H3/t17-/m1/s1. The Bertz CT molecular complexity index is 990. The topological polar surface area (TPSA) is 63.8 Å². The van der Waals surface area contributed by atoms with Crippen molar-refractivity contribution in [3.63, 3.8) is 0 Å². The number of hydrogen-bond acceptors (Lipinski definition) is 4. The summed E-state index contributed by atoms with van der Waals surface area (Å²) in [4.78, 5) is 15.0. The molecule has 0 saturated heterocycles. The van der Waals surface area contributed by atoms with E-state index in [0.717, 1.165) is 70.7 Å². The van der Waals surface area contributed by atoms with Gasteiger partial charge in [0.15, 0.2) is 5.65 Å². The molecule has 5 nitrogen and oxygen atoms in total. The van der Waals surface area contributed by atoms with Gasteiger partial charge in [0.2, 0.25) is 0 Å². The van der Waals surface area contributed by atoms with Gasteiger partial charge in [0.25, 0.3) is 0 Å². The summed E-state index contributed by atoms with van der Waals surface area (Å²) >= 11 is 0. The number of fused-ring (bicyclic) bond motifs is 1. The minimum absolute atomic E-state index is 0.0410. The van der Waals surface area contributed by atoms with Gasteiger partial charge < -0.3 is 9.67 Å². The zero-order valence-electron chi connectivity index (χ0n) is 18.7. The Balaban J connectivity index is 2.21. The first-order chi connectivity index (χ1) is 13.9. The minimum atomic E-state index is 0.0410. The van der Waals surface area contributed by atoms with Crippen molar-refractivity contribution < 1.29 is 5.11 Å². The van der Waals surface area contributed by atoms with Crippen LogP contribution in [0.15, 0.2) is 18.3 Å². The fourth-order valence-corrected chi connectivity index (χ4v) is 3.95. The third-order valence-corrected chi connectivity index (χ3v) is 5.64. The lowest BCUT2D eigenvalue weighted by Crippen LogP contribution is -2.13. The highest BCUT2D eigenvalue weighted by atomic mass is 16.3. The first kappa shape index (κ1) is 21.4. The molecule has 156 valence electrons. The van der Waals surface area contributed by atoms with Crippen LogP contribution in [0.1, 0.15) is 82.1 Å². The van der Waals surface area contributed by atoms with Crippen LogP contribution in [0.2, 0.25) is 0 Å². The Hall–Kier alpha value is -2.27. The van der Waals surface area contributed by atoms with Crippen LogP contribution in [-0.4, -0.2) is 31.2 Å². The minimum Gasteiger partial charge on any atom is -0.394 e. The van der Waals surface area contributed by atoms with Crippen LogP contribution in [0.3, 0.4) is 0 Å². The van der Waals surface area contributed by atoms with Crippen molar-refractivity contribution >= 4 is 11.2 Å². The highest BCUT2D eigenvalue weighted by molar-refractivity contribution is 5.80. The van der Waals surface area contributed by atoms with Crippen LogP contribution in [0, 0.1) is 6.92 Å². The fraction of sp³-hybridized carbons (Fsp3) is 0.542. The highest BCUT2D eigenvalue weighted by Crippen LogP contribution is 2.31. The van der Waals surface area contributed by atoms with Gasteiger partial charge >= 0.3 is 0 Å². The maximum atomic E-state index is 9.90. The van der Waals surface area contributed by atoms with Crippen molar-refractivity contribution in [2.24, 2.45) is 0 Å². The Morgan fingerprint density at radius 3 is 2.31 bits per heavy atom. The van der Waals surface area contributed by atoms with Crippen molar-refractivity contribution in [3.05, 3.63) is 41.0 Å². The molecule has 0 bridgehead atoms. The number of rotatable bonds is 8. The van der Waals surface area contributed by atoms with E-state index in [9.17, 15) is 5.11 Å². The SMILES string of the molecule is CCC[C@H](CO)n1cc(C)c2nc(-c3ccc(C(C)C)nc3CC)c(CC)nc21. The highest BCUT2D eigenvalue weighted by Gasteiger charge is 2.20. The second kappa shape index (κ2) is 9.04. The van der Waals surface area contributed by atoms with E-state index in [1.165, 1.54) is 0 Å². The normalized spacial score (nSPS) is 12.8. The predicted molar refractivity (Wildman–Crippen MR) is 119 cm³/mol. The average Bonchev–Trinajstić information content (AvgIpc) is 3.05. The van der Waals surface area contributed by atoms with Crippen LogP contribution < -0.4 is 0 Å². The van der Waals surface area contributed by atoms with Gasteiger partial charge in [0.1, 0.15) is 5.52 Å². The van der Waals surface area contributed by atoms with E-state index in [1.807, 2.05) is 0 Å². The number of aryl methyl sites for hydroxylation is 3. The van der Waals surface area contributed by atoms with Crippen LogP contribution in [-0.2, 0) is 12.8 Å². The summed E-state index contributed by atoms with van der Waals surface area (Å²) < 4.78 is 2.12. The zero-order valence-corrected chi connectivity index (χ0v) is 18.7. The predicted octanol–water partition coefficient (Wildman–Crippen LogP) is 5.38. The second-order valence-corrected chi connectivity index (χ2v) is 8.13. The van der Waals surface area contributed by atoms with E-state index in [4.69, 9.17) is 15.0 Å². The van der Waals surface area contributed by atoms with Gasteiger partial charge in [-0.25, -0.2) is 9.97 Å². The molecule has 3 aromatic heterocycles. The molecule has 0 aliphatic heterocycles. The van der Waals surface area contributed by atoms with E-state index < -0.39 is 0 Å². The Morgan fingerprint density at radius 2 is 1.72 bits per heavy atom. The van der Waals surface area contributed by atoms with Gasteiger partial charge in [0, 0.05) is 23.1 Å². The van der Waals surface area contributed by atoms with Gasteiger partial charge in [0.05, 0.1) is 24.0 Å². The first-order valence-corrected chi connectivity index (χ1v) is 10.9. The number of pyridine rings is 1. The fourth-order valence-electron chi connectivity index (χ4n) is 3.95. The van der Waals surface area contributed by atoms with Crippen molar-refractivity contribution in [1.29, 1.82) is 0 Å². The largest absolute Gasteiger partial charge is 0.394 e. The molecule has 0 radical (unpaired) electrons. The van der Waals surface area contributed by atoms with Gasteiger partial charge in [-0.3, -0.25) is 4.98 Å². The maximum absolute atomic E-state index is 9.90. The van der Waals surface area contributed by atoms with Crippen molar-refractivity contribution in [2.45, 2.75) is 79.2 Å². The molecule has 3 heterocycles. The Kier molecular flexibility index (Phi) is 6.68. The molecular formula is C24H34N4O. The average molecular weight is 395 g/mol. The summed E-state index contributed by atoms with van der Waals surface area (Å²) in [6.07, 6.45) is 5.69. The number of aliphatic hydroxyl groups excluding tert-OH is 1. The van der Waals surface area contributed by atoms with Crippen LogP contribution in [0.4, 0.5) is 0 Å². The van der Waals surface area contributed by atoms with Gasteiger partial charge in [-0.15, -0.1) is 0 Å². The lowest BCUT2D eigenvalue weighted by Gasteiger charge is -2.17. The van der Waals surface area contributed by atoms with E-state index in [0.29, 0.717) is 5.92 Å². The molecule has 0 spiro atoms. The van der Waals surface area contributed by atoms with Crippen molar-refractivity contribution in [1.82, 2.24) is 19.5 Å². The number of nitrogens with zero attached hydrogens (tertiary/aromatic N) is 4. The van der Waals surface area contributed by atoms with Gasteiger partial charge in [-0.2, -0.15) is 0 Å². The van der Waals surface area contributed by atoms with Crippen molar-refractivity contribution in [2.75, 3.05) is 6.61 Å². The summed E-state index contributed by atoms with van der Waals surface area (Å²) in [6.45, 7) is 12.9. The smallest absolute Gasteiger partial charge is 0.159 e. The van der Waals surface area contributed by atoms with Crippen LogP contribution in [0.25, 0.3) is 22.4 Å². The van der Waals surface area contributed by atoms with E-state index in [-0.39, 0.29) is 12.6 Å². The molecule has 3 aromatic rings. The summed E-state index contributed by atoms with van der Waals surface area (Å²) in [6, 6.07) is 4.32. The molecule has 0 amide bonds. The number of aliphatic hydroxyl groups is 1. The molecule has 0 aliphatic rings. The quantitative estimate of drug-likeness (QED) is 0.557. The summed E-state index contributed by atoms with van der Waals surface area (Å²) in [5.41, 5.74) is 8.09. The molecule has 29 heavy (non-hydrogen) atoms. The molecule has 0 fully saturated rings. The zero-order chi connectivity index (χ0) is 21.1. The van der Waals surface area contributed by atoms with Crippen LogP contribution in [0.5, 0.6) is 0 Å². The molecule has 0 unspecified atom stereocenters. The molecule has 1 N–H and O–H groups in total. The lowest BCUT2D eigenvalue weighted by molar-refractivity contribution is 0.222. The monoisotopic (exact) mass is 394 g/mol. The molecule has 0 aliphatic carbocycles. The summed E-state index contributed by atoms with van der Waals surface area (Å²) in [7, 11) is 0. The lowest BCUT2D eigenvalue weighted by atomic mass is 10.0. The van der Waals surface area contributed by atoms with Gasteiger partial charge in [-0.1, -0.05) is 41.0 Å². The molecule has 0 saturated carbocycles. The van der Waals surface area contributed by atoms with Gasteiger partial charge in [-0.05, 0) is 49.8 Å². The second-order valence-electron chi connectivity index (χ2n) is 8.13.